The second-order valence-corrected chi connectivity index (χ2v) is 16.1. The topological polar surface area (TPSA) is 3.24 Å². The van der Waals surface area contributed by atoms with E-state index in [2.05, 4.69) is 205 Å². The lowest BCUT2D eigenvalue weighted by atomic mass is 9.96. The summed E-state index contributed by atoms with van der Waals surface area (Å²) in [6.07, 6.45) is 0. The molecule has 2 aromatic heterocycles. The van der Waals surface area contributed by atoms with Gasteiger partial charge < -0.3 is 4.90 Å². The van der Waals surface area contributed by atoms with E-state index >= 15 is 0 Å². The van der Waals surface area contributed by atoms with Gasteiger partial charge in [-0.05, 0) is 80.6 Å². The molecule has 0 spiro atoms. The molecule has 55 heavy (non-hydrogen) atoms. The van der Waals surface area contributed by atoms with Crippen LogP contribution in [-0.4, -0.2) is 0 Å². The lowest BCUT2D eigenvalue weighted by Gasteiger charge is -2.27. The quantitative estimate of drug-likeness (QED) is 0.164. The van der Waals surface area contributed by atoms with Gasteiger partial charge >= 0.3 is 0 Å². The molecule has 0 aliphatic rings. The van der Waals surface area contributed by atoms with Crippen molar-refractivity contribution in [1.29, 1.82) is 0 Å². The van der Waals surface area contributed by atoms with E-state index in [1.165, 1.54) is 90.2 Å². The minimum absolute atomic E-state index is 1.12. The van der Waals surface area contributed by atoms with Crippen molar-refractivity contribution in [3.8, 4) is 33.4 Å². The third-order valence-electron chi connectivity index (χ3n) is 10.9. The normalized spacial score (nSPS) is 11.6. The summed E-state index contributed by atoms with van der Waals surface area (Å²) in [4.78, 5) is 2.48. The standard InChI is InChI=1S/C52H33NS2/c1-3-13-35(14-4-1)42-31-32-47(52-50(42)46-23-12-22-43(51(46)55-52)36-15-5-2-6-16-36)53(39-29-30-45-44-20-9-10-24-48(44)54-49(45)33-39)38-27-25-37(26-28-38)41-21-11-18-34-17-7-8-19-40(34)41/h1-33H. The molecule has 0 aliphatic carbocycles. The highest BCUT2D eigenvalue weighted by atomic mass is 32.1. The summed E-state index contributed by atoms with van der Waals surface area (Å²) >= 11 is 3.77. The third kappa shape index (κ3) is 5.35. The molecule has 11 rings (SSSR count). The Bertz CT molecular complexity index is 3190. The molecule has 0 unspecified atom stereocenters. The maximum Gasteiger partial charge on any atom is 0.0640 e. The predicted octanol–water partition coefficient (Wildman–Crippen LogP) is 16.0. The molecule has 9 aromatic carbocycles. The molecular weight excluding hydrogens is 703 g/mol. The number of hydrogen-bond acceptors (Lipinski definition) is 3. The molecule has 0 N–H and O–H groups in total. The van der Waals surface area contributed by atoms with Gasteiger partial charge in [-0.3, -0.25) is 0 Å². The molecule has 0 bridgehead atoms. The minimum atomic E-state index is 1.12. The highest BCUT2D eigenvalue weighted by molar-refractivity contribution is 7.27. The zero-order valence-corrected chi connectivity index (χ0v) is 31.4. The van der Waals surface area contributed by atoms with Gasteiger partial charge in [-0.2, -0.15) is 0 Å². The maximum atomic E-state index is 2.48. The van der Waals surface area contributed by atoms with Crippen LogP contribution in [0.15, 0.2) is 200 Å². The van der Waals surface area contributed by atoms with Crippen molar-refractivity contribution >= 4 is 90.9 Å². The Morgan fingerprint density at radius 3 is 1.75 bits per heavy atom. The smallest absolute Gasteiger partial charge is 0.0640 e. The van der Waals surface area contributed by atoms with Crippen molar-refractivity contribution in [3.63, 3.8) is 0 Å². The van der Waals surface area contributed by atoms with E-state index in [-0.39, 0.29) is 0 Å². The Labute approximate surface area is 327 Å². The van der Waals surface area contributed by atoms with E-state index in [1.54, 1.807) is 0 Å². The first-order chi connectivity index (χ1) is 27.3. The molecule has 1 nitrogen and oxygen atoms in total. The van der Waals surface area contributed by atoms with Gasteiger partial charge in [-0.1, -0.05) is 164 Å². The van der Waals surface area contributed by atoms with Gasteiger partial charge in [0.1, 0.15) is 0 Å². The number of thiophene rings is 2. The Kier molecular flexibility index (Phi) is 7.61. The van der Waals surface area contributed by atoms with Crippen molar-refractivity contribution in [1.82, 2.24) is 0 Å². The Hall–Kier alpha value is -6.52. The van der Waals surface area contributed by atoms with Crippen LogP contribution in [0.2, 0.25) is 0 Å². The average Bonchev–Trinajstić information content (AvgIpc) is 3.84. The lowest BCUT2D eigenvalue weighted by Crippen LogP contribution is -2.10. The predicted molar refractivity (Wildman–Crippen MR) is 241 cm³/mol. The molecule has 2 heterocycles. The van der Waals surface area contributed by atoms with Gasteiger partial charge in [-0.15, -0.1) is 22.7 Å². The SMILES string of the molecule is c1ccc(-c2cccc3c2sc2c(N(c4ccc(-c5cccc6ccccc56)cc4)c4ccc5c(c4)sc4ccccc45)ccc(-c4ccccc4)c23)cc1. The van der Waals surface area contributed by atoms with Gasteiger partial charge in [0.25, 0.3) is 0 Å². The van der Waals surface area contributed by atoms with Gasteiger partial charge in [-0.25, -0.2) is 0 Å². The number of rotatable bonds is 6. The first-order valence-electron chi connectivity index (χ1n) is 18.7. The highest BCUT2D eigenvalue weighted by Crippen LogP contribution is 2.51. The van der Waals surface area contributed by atoms with E-state index in [1.807, 2.05) is 22.7 Å². The van der Waals surface area contributed by atoms with E-state index < -0.39 is 0 Å². The van der Waals surface area contributed by atoms with E-state index in [4.69, 9.17) is 0 Å². The fraction of sp³-hybridized carbons (Fsp3) is 0. The third-order valence-corrected chi connectivity index (χ3v) is 13.3. The molecule has 258 valence electrons. The maximum absolute atomic E-state index is 2.48. The second kappa shape index (κ2) is 13.1. The number of anilines is 3. The number of nitrogens with zero attached hydrogens (tertiary/aromatic N) is 1. The van der Waals surface area contributed by atoms with Crippen molar-refractivity contribution in [2.45, 2.75) is 0 Å². The monoisotopic (exact) mass is 735 g/mol. The molecule has 3 heteroatoms. The molecule has 0 atom stereocenters. The number of hydrogen-bond donors (Lipinski definition) is 0. The van der Waals surface area contributed by atoms with Crippen LogP contribution in [0.1, 0.15) is 0 Å². The minimum Gasteiger partial charge on any atom is -0.309 e. The summed E-state index contributed by atoms with van der Waals surface area (Å²) in [6, 6.07) is 73.3. The molecule has 0 fully saturated rings. The molecule has 0 aliphatic heterocycles. The fourth-order valence-electron chi connectivity index (χ4n) is 8.32. The molecule has 0 saturated heterocycles. The van der Waals surface area contributed by atoms with Crippen LogP contribution >= 0.6 is 22.7 Å². The van der Waals surface area contributed by atoms with Crippen molar-refractivity contribution in [3.05, 3.63) is 200 Å². The van der Waals surface area contributed by atoms with Crippen molar-refractivity contribution in [2.75, 3.05) is 4.90 Å². The summed E-state index contributed by atoms with van der Waals surface area (Å²) in [6.45, 7) is 0. The van der Waals surface area contributed by atoms with Crippen LogP contribution in [0.4, 0.5) is 17.1 Å². The molecular formula is C52H33NS2. The fourth-order valence-corrected chi connectivity index (χ4v) is 10.8. The van der Waals surface area contributed by atoms with Crippen LogP contribution in [0.5, 0.6) is 0 Å². The first-order valence-corrected chi connectivity index (χ1v) is 20.3. The second-order valence-electron chi connectivity index (χ2n) is 14.0. The Morgan fingerprint density at radius 1 is 0.327 bits per heavy atom. The summed E-state index contributed by atoms with van der Waals surface area (Å²) in [5.74, 6) is 0. The molecule has 0 saturated carbocycles. The summed E-state index contributed by atoms with van der Waals surface area (Å²) in [5, 5.41) is 7.71. The highest BCUT2D eigenvalue weighted by Gasteiger charge is 2.23. The number of fused-ring (bicyclic) bond motifs is 7. The van der Waals surface area contributed by atoms with E-state index in [9.17, 15) is 0 Å². The zero-order valence-electron chi connectivity index (χ0n) is 29.8. The van der Waals surface area contributed by atoms with E-state index in [0.717, 1.165) is 11.4 Å². The summed E-state index contributed by atoms with van der Waals surface area (Å²) in [5.41, 5.74) is 10.9. The van der Waals surface area contributed by atoms with Crippen LogP contribution in [0.3, 0.4) is 0 Å². The summed E-state index contributed by atoms with van der Waals surface area (Å²) in [7, 11) is 0. The zero-order chi connectivity index (χ0) is 36.3. The van der Waals surface area contributed by atoms with Crippen molar-refractivity contribution in [2.24, 2.45) is 0 Å². The average molecular weight is 736 g/mol. The van der Waals surface area contributed by atoms with Crippen molar-refractivity contribution < 1.29 is 0 Å². The largest absolute Gasteiger partial charge is 0.309 e. The molecule has 11 aromatic rings. The lowest BCUT2D eigenvalue weighted by molar-refractivity contribution is 1.31. The first kappa shape index (κ1) is 32.0. The number of benzene rings is 9. The molecule has 0 radical (unpaired) electrons. The van der Waals surface area contributed by atoms with E-state index in [0.29, 0.717) is 0 Å². The summed E-state index contributed by atoms with van der Waals surface area (Å²) < 4.78 is 5.18. The van der Waals surface area contributed by atoms with Gasteiger partial charge in [0, 0.05) is 47.0 Å². The van der Waals surface area contributed by atoms with Crippen LogP contribution in [-0.2, 0) is 0 Å². The Balaban J connectivity index is 1.17. The van der Waals surface area contributed by atoms with Crippen LogP contribution in [0.25, 0.3) is 84.5 Å². The van der Waals surface area contributed by atoms with Gasteiger partial charge in [0.2, 0.25) is 0 Å². The molecule has 0 amide bonds. The van der Waals surface area contributed by atoms with Gasteiger partial charge in [0.15, 0.2) is 0 Å². The van der Waals surface area contributed by atoms with Crippen LogP contribution in [0, 0.1) is 0 Å². The van der Waals surface area contributed by atoms with Crippen LogP contribution < -0.4 is 4.90 Å². The van der Waals surface area contributed by atoms with Gasteiger partial charge in [0.05, 0.1) is 10.4 Å². The Morgan fingerprint density at radius 2 is 0.927 bits per heavy atom.